The Balaban J connectivity index is 1.71. The number of ether oxygens (including phenoxy) is 1. The predicted molar refractivity (Wildman–Crippen MR) is 100 cm³/mol. The van der Waals surface area contributed by atoms with Crippen molar-refractivity contribution in [2.45, 2.75) is 26.1 Å². The number of aldehydes is 1. The Hall–Kier alpha value is -2.31. The van der Waals surface area contributed by atoms with Gasteiger partial charge in [-0.1, -0.05) is 12.1 Å². The summed E-state index contributed by atoms with van der Waals surface area (Å²) in [6.07, 6.45) is 2.95. The average molecular weight is 353 g/mol. The molecule has 1 aliphatic heterocycles. The minimum Gasteiger partial charge on any atom is -0.372 e. The second-order valence-electron chi connectivity index (χ2n) is 6.40. The maximum atomic E-state index is 11.7. The SMILES string of the molecule is C[C@@H]1CN(c2cnc(-c3nc4ccccc4s3)cc2C=O)C[C@H](C)O1. The van der Waals surface area contributed by atoms with Crippen molar-refractivity contribution in [3.05, 3.63) is 42.1 Å². The van der Waals surface area contributed by atoms with Crippen LogP contribution in [0.5, 0.6) is 0 Å². The summed E-state index contributed by atoms with van der Waals surface area (Å²) in [6.45, 7) is 5.61. The molecular weight excluding hydrogens is 334 g/mol. The first kappa shape index (κ1) is 16.2. The number of benzene rings is 1. The maximum Gasteiger partial charge on any atom is 0.152 e. The van der Waals surface area contributed by atoms with Gasteiger partial charge in [0.15, 0.2) is 6.29 Å². The van der Waals surface area contributed by atoms with Gasteiger partial charge in [-0.05, 0) is 32.0 Å². The summed E-state index contributed by atoms with van der Waals surface area (Å²) in [4.78, 5) is 23.1. The third kappa shape index (κ3) is 3.15. The molecule has 25 heavy (non-hydrogen) atoms. The van der Waals surface area contributed by atoms with E-state index in [9.17, 15) is 4.79 Å². The lowest BCUT2D eigenvalue weighted by Gasteiger charge is -2.37. The van der Waals surface area contributed by atoms with Gasteiger partial charge in [0.2, 0.25) is 0 Å². The summed E-state index contributed by atoms with van der Waals surface area (Å²) in [7, 11) is 0. The van der Waals surface area contributed by atoms with Crippen LogP contribution >= 0.6 is 11.3 Å². The quantitative estimate of drug-likeness (QED) is 0.671. The molecule has 0 amide bonds. The summed E-state index contributed by atoms with van der Waals surface area (Å²) in [5.41, 5.74) is 3.20. The number of rotatable bonds is 3. The normalized spacial score (nSPS) is 20.8. The first-order chi connectivity index (χ1) is 12.1. The van der Waals surface area contributed by atoms with Crippen LogP contribution in [0.4, 0.5) is 5.69 Å². The van der Waals surface area contributed by atoms with E-state index in [-0.39, 0.29) is 12.2 Å². The van der Waals surface area contributed by atoms with Crippen LogP contribution in [-0.2, 0) is 4.74 Å². The highest BCUT2D eigenvalue weighted by Gasteiger charge is 2.24. The molecule has 3 aromatic rings. The predicted octanol–water partition coefficient (Wildman–Crippen LogP) is 3.78. The highest BCUT2D eigenvalue weighted by atomic mass is 32.1. The first-order valence-electron chi connectivity index (χ1n) is 8.35. The molecule has 0 unspecified atom stereocenters. The van der Waals surface area contributed by atoms with Crippen LogP contribution in [0.1, 0.15) is 24.2 Å². The molecule has 0 bridgehead atoms. The maximum absolute atomic E-state index is 11.7. The molecule has 0 saturated carbocycles. The fourth-order valence-electron chi connectivity index (χ4n) is 3.30. The molecule has 1 fully saturated rings. The van der Waals surface area contributed by atoms with Crippen molar-refractivity contribution in [2.75, 3.05) is 18.0 Å². The zero-order valence-corrected chi connectivity index (χ0v) is 15.0. The van der Waals surface area contributed by atoms with E-state index in [1.165, 1.54) is 0 Å². The van der Waals surface area contributed by atoms with Crippen LogP contribution in [0.3, 0.4) is 0 Å². The van der Waals surface area contributed by atoms with E-state index in [2.05, 4.69) is 14.9 Å². The largest absolute Gasteiger partial charge is 0.372 e. The van der Waals surface area contributed by atoms with Crippen molar-refractivity contribution in [1.82, 2.24) is 9.97 Å². The van der Waals surface area contributed by atoms with Crippen LogP contribution in [0.2, 0.25) is 0 Å². The number of carbonyl (C=O) groups excluding carboxylic acids is 1. The van der Waals surface area contributed by atoms with Crippen LogP contribution in [0.25, 0.3) is 20.9 Å². The highest BCUT2D eigenvalue weighted by Crippen LogP contribution is 2.31. The van der Waals surface area contributed by atoms with Crippen molar-refractivity contribution in [1.29, 1.82) is 0 Å². The van der Waals surface area contributed by atoms with E-state index in [1.807, 2.05) is 44.2 Å². The summed E-state index contributed by atoms with van der Waals surface area (Å²) >= 11 is 1.59. The van der Waals surface area contributed by atoms with Crippen molar-refractivity contribution in [2.24, 2.45) is 0 Å². The van der Waals surface area contributed by atoms with Crippen molar-refractivity contribution in [3.8, 4) is 10.7 Å². The number of aromatic nitrogens is 2. The van der Waals surface area contributed by atoms with Crippen molar-refractivity contribution in [3.63, 3.8) is 0 Å². The fourth-order valence-corrected chi connectivity index (χ4v) is 4.23. The Morgan fingerprint density at radius 1 is 1.24 bits per heavy atom. The second-order valence-corrected chi connectivity index (χ2v) is 7.43. The number of hydrogen-bond acceptors (Lipinski definition) is 6. The third-order valence-corrected chi connectivity index (χ3v) is 5.37. The molecule has 0 radical (unpaired) electrons. The lowest BCUT2D eigenvalue weighted by Crippen LogP contribution is -2.45. The zero-order valence-electron chi connectivity index (χ0n) is 14.2. The number of anilines is 1. The minimum atomic E-state index is 0.132. The second kappa shape index (κ2) is 6.54. The molecule has 5 nitrogen and oxygen atoms in total. The van der Waals surface area contributed by atoms with E-state index in [4.69, 9.17) is 4.74 Å². The number of thiazole rings is 1. The Kier molecular flexibility index (Phi) is 4.23. The number of carbonyl (C=O) groups is 1. The molecule has 1 aromatic carbocycles. The van der Waals surface area contributed by atoms with Gasteiger partial charge in [-0.15, -0.1) is 11.3 Å². The zero-order chi connectivity index (χ0) is 17.4. The van der Waals surface area contributed by atoms with Crippen LogP contribution in [-0.4, -0.2) is 41.6 Å². The van der Waals surface area contributed by atoms with Gasteiger partial charge in [0.05, 0.1) is 40.0 Å². The van der Waals surface area contributed by atoms with Gasteiger partial charge in [-0.2, -0.15) is 0 Å². The Morgan fingerprint density at radius 3 is 2.72 bits per heavy atom. The minimum absolute atomic E-state index is 0.132. The molecule has 1 aliphatic rings. The highest BCUT2D eigenvalue weighted by molar-refractivity contribution is 7.21. The molecule has 4 rings (SSSR count). The summed E-state index contributed by atoms with van der Waals surface area (Å²) in [6, 6.07) is 9.84. The van der Waals surface area contributed by atoms with Gasteiger partial charge in [0.25, 0.3) is 0 Å². The number of para-hydroxylation sites is 1. The Morgan fingerprint density at radius 2 is 2.00 bits per heavy atom. The molecule has 3 heterocycles. The molecule has 6 heteroatoms. The van der Waals surface area contributed by atoms with Crippen LogP contribution in [0, 0.1) is 0 Å². The summed E-state index contributed by atoms with van der Waals surface area (Å²) < 4.78 is 6.90. The van der Waals surface area contributed by atoms with Gasteiger partial charge in [0, 0.05) is 18.7 Å². The lowest BCUT2D eigenvalue weighted by molar-refractivity contribution is -0.00527. The molecular formula is C19H19N3O2S. The number of fused-ring (bicyclic) bond motifs is 1. The third-order valence-electron chi connectivity index (χ3n) is 4.31. The van der Waals surface area contributed by atoms with Crippen molar-refractivity contribution >= 4 is 33.5 Å². The van der Waals surface area contributed by atoms with Gasteiger partial charge in [0.1, 0.15) is 5.01 Å². The van der Waals surface area contributed by atoms with Crippen molar-refractivity contribution < 1.29 is 9.53 Å². The van der Waals surface area contributed by atoms with Gasteiger partial charge in [-0.25, -0.2) is 4.98 Å². The molecule has 0 N–H and O–H groups in total. The molecule has 0 spiro atoms. The van der Waals surface area contributed by atoms with E-state index in [0.29, 0.717) is 5.56 Å². The smallest absolute Gasteiger partial charge is 0.152 e. The lowest BCUT2D eigenvalue weighted by atomic mass is 10.1. The molecule has 2 aromatic heterocycles. The van der Waals surface area contributed by atoms with Gasteiger partial charge < -0.3 is 9.64 Å². The van der Waals surface area contributed by atoms with Gasteiger partial charge >= 0.3 is 0 Å². The fraction of sp³-hybridized carbons (Fsp3) is 0.316. The summed E-state index contributed by atoms with van der Waals surface area (Å²) in [5, 5.41) is 0.833. The standard InChI is InChI=1S/C19H19N3O2S/c1-12-9-22(10-13(2)24-12)17-8-20-16(7-14(17)11-23)19-21-15-5-3-4-6-18(15)25-19/h3-8,11-13H,9-10H2,1-2H3/t12-,13+. The number of hydrogen-bond donors (Lipinski definition) is 0. The van der Waals surface area contributed by atoms with Crippen LogP contribution in [0.15, 0.2) is 36.5 Å². The number of morpholine rings is 1. The Labute approximate surface area is 150 Å². The molecule has 0 aliphatic carbocycles. The molecule has 1 saturated heterocycles. The van der Waals surface area contributed by atoms with Crippen LogP contribution < -0.4 is 4.90 Å². The van der Waals surface area contributed by atoms with E-state index >= 15 is 0 Å². The van der Waals surface area contributed by atoms with E-state index < -0.39 is 0 Å². The Bertz CT molecular complexity index is 881. The summed E-state index contributed by atoms with van der Waals surface area (Å²) in [5.74, 6) is 0. The first-order valence-corrected chi connectivity index (χ1v) is 9.17. The topological polar surface area (TPSA) is 55.3 Å². The average Bonchev–Trinajstić information content (AvgIpc) is 3.04. The van der Waals surface area contributed by atoms with Gasteiger partial charge in [-0.3, -0.25) is 9.78 Å². The van der Waals surface area contributed by atoms with E-state index in [1.54, 1.807) is 17.5 Å². The number of pyridine rings is 1. The van der Waals surface area contributed by atoms with E-state index in [0.717, 1.165) is 46.0 Å². The molecule has 2 atom stereocenters. The monoisotopic (exact) mass is 353 g/mol. The molecule has 128 valence electrons. The number of nitrogens with zero attached hydrogens (tertiary/aromatic N) is 3.